The highest BCUT2D eigenvalue weighted by Crippen LogP contribution is 2.24. The fraction of sp³-hybridized carbons (Fsp3) is 0.435. The SMILES string of the molecule is Cc1nc(NC2CCC(NC(=O)/C=C/c3ccc(OC(F)(F)F)cc3)CC2)cc(N(C)C)n1. The van der Waals surface area contributed by atoms with Gasteiger partial charge in [0.15, 0.2) is 0 Å². The number of aryl methyl sites for hydroxylation is 1. The van der Waals surface area contributed by atoms with E-state index in [0.29, 0.717) is 11.4 Å². The van der Waals surface area contributed by atoms with Crippen LogP contribution in [0.2, 0.25) is 0 Å². The van der Waals surface area contributed by atoms with Crippen molar-refractivity contribution < 1.29 is 22.7 Å². The number of aromatic nitrogens is 2. The molecule has 0 unspecified atom stereocenters. The Morgan fingerprint density at radius 1 is 1.09 bits per heavy atom. The molecule has 1 heterocycles. The highest BCUT2D eigenvalue weighted by Gasteiger charge is 2.30. The number of nitrogens with one attached hydrogen (secondary N) is 2. The Labute approximate surface area is 191 Å². The van der Waals surface area contributed by atoms with Crippen molar-refractivity contribution in [1.82, 2.24) is 15.3 Å². The van der Waals surface area contributed by atoms with Gasteiger partial charge in [0.1, 0.15) is 23.2 Å². The normalized spacial score (nSPS) is 18.7. The topological polar surface area (TPSA) is 79.4 Å². The molecule has 1 fully saturated rings. The van der Waals surface area contributed by atoms with Crippen LogP contribution in [0.5, 0.6) is 5.75 Å². The van der Waals surface area contributed by atoms with E-state index in [1.54, 1.807) is 6.08 Å². The van der Waals surface area contributed by atoms with E-state index in [0.717, 1.165) is 37.3 Å². The van der Waals surface area contributed by atoms with Gasteiger partial charge in [0.25, 0.3) is 0 Å². The van der Waals surface area contributed by atoms with E-state index < -0.39 is 6.36 Å². The van der Waals surface area contributed by atoms with Crippen LogP contribution in [0.25, 0.3) is 6.08 Å². The molecule has 1 saturated carbocycles. The van der Waals surface area contributed by atoms with E-state index >= 15 is 0 Å². The first-order valence-electron chi connectivity index (χ1n) is 10.7. The van der Waals surface area contributed by atoms with Gasteiger partial charge < -0.3 is 20.3 Å². The summed E-state index contributed by atoms with van der Waals surface area (Å²) in [5.74, 6) is 1.82. The molecular formula is C23H28F3N5O2. The average molecular weight is 464 g/mol. The second kappa shape index (κ2) is 10.5. The van der Waals surface area contributed by atoms with Gasteiger partial charge in [-0.15, -0.1) is 13.2 Å². The third-order valence-electron chi connectivity index (χ3n) is 5.25. The molecule has 10 heteroatoms. The lowest BCUT2D eigenvalue weighted by atomic mass is 9.91. The zero-order valence-electron chi connectivity index (χ0n) is 18.8. The molecule has 33 heavy (non-hydrogen) atoms. The maximum atomic E-state index is 12.2. The minimum absolute atomic E-state index is 0.0761. The molecule has 0 bridgehead atoms. The van der Waals surface area contributed by atoms with Crippen LogP contribution in [-0.2, 0) is 4.79 Å². The molecule has 1 amide bonds. The van der Waals surface area contributed by atoms with Crippen LogP contribution in [0, 0.1) is 6.92 Å². The zero-order valence-corrected chi connectivity index (χ0v) is 18.8. The van der Waals surface area contributed by atoms with E-state index in [1.165, 1.54) is 30.3 Å². The Balaban J connectivity index is 1.45. The molecule has 0 aliphatic heterocycles. The highest BCUT2D eigenvalue weighted by atomic mass is 19.4. The van der Waals surface area contributed by atoms with Gasteiger partial charge in [0, 0.05) is 38.3 Å². The summed E-state index contributed by atoms with van der Waals surface area (Å²) in [4.78, 5) is 23.0. The smallest absolute Gasteiger partial charge is 0.406 e. The van der Waals surface area contributed by atoms with Gasteiger partial charge in [-0.1, -0.05) is 12.1 Å². The van der Waals surface area contributed by atoms with Crippen LogP contribution in [-0.4, -0.2) is 48.4 Å². The highest BCUT2D eigenvalue weighted by molar-refractivity contribution is 5.91. The minimum Gasteiger partial charge on any atom is -0.406 e. The van der Waals surface area contributed by atoms with Crippen LogP contribution in [0.1, 0.15) is 37.1 Å². The Kier molecular flexibility index (Phi) is 7.78. The first-order chi connectivity index (χ1) is 15.6. The van der Waals surface area contributed by atoms with E-state index in [4.69, 9.17) is 0 Å². The van der Waals surface area contributed by atoms with Gasteiger partial charge >= 0.3 is 6.36 Å². The number of halogens is 3. The Bertz CT molecular complexity index is 969. The fourth-order valence-electron chi connectivity index (χ4n) is 3.65. The average Bonchev–Trinajstić information content (AvgIpc) is 2.73. The van der Waals surface area contributed by atoms with Crippen LogP contribution >= 0.6 is 0 Å². The first-order valence-corrected chi connectivity index (χ1v) is 10.7. The van der Waals surface area contributed by atoms with Gasteiger partial charge in [-0.05, 0) is 56.4 Å². The van der Waals surface area contributed by atoms with Gasteiger partial charge in [0.05, 0.1) is 0 Å². The Morgan fingerprint density at radius 2 is 1.73 bits per heavy atom. The van der Waals surface area contributed by atoms with Crippen LogP contribution in [0.4, 0.5) is 24.8 Å². The number of benzene rings is 1. The number of carbonyl (C=O) groups is 1. The molecule has 1 aromatic heterocycles. The summed E-state index contributed by atoms with van der Waals surface area (Å²) in [6, 6.07) is 7.60. The van der Waals surface area contributed by atoms with Crippen molar-refractivity contribution in [2.75, 3.05) is 24.3 Å². The summed E-state index contributed by atoms with van der Waals surface area (Å²) in [6.45, 7) is 1.86. The summed E-state index contributed by atoms with van der Waals surface area (Å²) in [5, 5.41) is 6.46. The standard InChI is InChI=1S/C23H28F3N5O2/c1-15-27-20(14-21(28-15)31(2)3)29-17-7-9-18(10-8-17)30-22(32)13-6-16-4-11-19(12-5-16)33-23(24,25)26/h4-6,11-14,17-18H,7-10H2,1-3H3,(H,30,32)(H,27,28,29)/b13-6+. The molecule has 0 radical (unpaired) electrons. The van der Waals surface area contributed by atoms with Crippen molar-refractivity contribution in [3.05, 3.63) is 47.8 Å². The maximum Gasteiger partial charge on any atom is 0.573 e. The van der Waals surface area contributed by atoms with Crippen molar-refractivity contribution in [3.8, 4) is 5.75 Å². The Morgan fingerprint density at radius 3 is 2.33 bits per heavy atom. The lowest BCUT2D eigenvalue weighted by molar-refractivity contribution is -0.274. The van der Waals surface area contributed by atoms with Gasteiger partial charge in [-0.2, -0.15) is 0 Å². The first kappa shape index (κ1) is 24.3. The zero-order chi connectivity index (χ0) is 24.0. The van der Waals surface area contributed by atoms with E-state index in [-0.39, 0.29) is 23.7 Å². The molecular weight excluding hydrogens is 435 g/mol. The molecule has 0 atom stereocenters. The predicted molar refractivity (Wildman–Crippen MR) is 121 cm³/mol. The van der Waals surface area contributed by atoms with Gasteiger partial charge in [-0.3, -0.25) is 4.79 Å². The number of anilines is 2. The van der Waals surface area contributed by atoms with Crippen molar-refractivity contribution in [2.45, 2.75) is 51.1 Å². The molecule has 2 aromatic rings. The van der Waals surface area contributed by atoms with Gasteiger partial charge in [0.2, 0.25) is 5.91 Å². The molecule has 3 rings (SSSR count). The maximum absolute atomic E-state index is 12.2. The van der Waals surface area contributed by atoms with Crippen molar-refractivity contribution >= 4 is 23.6 Å². The molecule has 0 spiro atoms. The number of ether oxygens (including phenoxy) is 1. The number of hydrogen-bond donors (Lipinski definition) is 2. The number of amides is 1. The third-order valence-corrected chi connectivity index (χ3v) is 5.25. The molecule has 1 aromatic carbocycles. The third kappa shape index (κ3) is 7.96. The summed E-state index contributed by atoms with van der Waals surface area (Å²) in [7, 11) is 3.87. The van der Waals surface area contributed by atoms with Gasteiger partial charge in [-0.25, -0.2) is 9.97 Å². The Hall–Kier alpha value is -3.30. The monoisotopic (exact) mass is 463 g/mol. The number of rotatable bonds is 7. The summed E-state index contributed by atoms with van der Waals surface area (Å²) < 4.78 is 40.5. The molecule has 1 aliphatic rings. The lowest BCUT2D eigenvalue weighted by Crippen LogP contribution is -2.39. The van der Waals surface area contributed by atoms with Crippen LogP contribution in [0.15, 0.2) is 36.4 Å². The fourth-order valence-corrected chi connectivity index (χ4v) is 3.65. The summed E-state index contributed by atoms with van der Waals surface area (Å²) >= 11 is 0. The number of hydrogen-bond acceptors (Lipinski definition) is 6. The molecule has 1 aliphatic carbocycles. The van der Waals surface area contributed by atoms with Crippen LogP contribution < -0.4 is 20.3 Å². The second-order valence-electron chi connectivity index (χ2n) is 8.20. The largest absolute Gasteiger partial charge is 0.573 e. The number of carbonyl (C=O) groups excluding carboxylic acids is 1. The second-order valence-corrected chi connectivity index (χ2v) is 8.20. The quantitative estimate of drug-likeness (QED) is 0.596. The van der Waals surface area contributed by atoms with E-state index in [1.807, 2.05) is 32.0 Å². The lowest BCUT2D eigenvalue weighted by Gasteiger charge is -2.30. The summed E-state index contributed by atoms with van der Waals surface area (Å²) in [5.41, 5.74) is 0.602. The van der Waals surface area contributed by atoms with Crippen LogP contribution in [0.3, 0.4) is 0 Å². The van der Waals surface area contributed by atoms with Crippen molar-refractivity contribution in [3.63, 3.8) is 0 Å². The molecule has 178 valence electrons. The number of alkyl halides is 3. The molecule has 2 N–H and O–H groups in total. The van der Waals surface area contributed by atoms with Crippen molar-refractivity contribution in [2.24, 2.45) is 0 Å². The number of nitrogens with zero attached hydrogens (tertiary/aromatic N) is 3. The summed E-state index contributed by atoms with van der Waals surface area (Å²) in [6.07, 6.45) is 1.69. The van der Waals surface area contributed by atoms with E-state index in [2.05, 4.69) is 25.3 Å². The van der Waals surface area contributed by atoms with Crippen molar-refractivity contribution in [1.29, 1.82) is 0 Å². The predicted octanol–water partition coefficient (Wildman–Crippen LogP) is 4.30. The minimum atomic E-state index is -4.73. The molecule has 0 saturated heterocycles. The molecule has 7 nitrogen and oxygen atoms in total. The van der Waals surface area contributed by atoms with E-state index in [9.17, 15) is 18.0 Å².